The molecule has 0 radical (unpaired) electrons. The van der Waals surface area contributed by atoms with Crippen LogP contribution in [0.1, 0.15) is 5.56 Å². The van der Waals surface area contributed by atoms with Gasteiger partial charge in [-0.15, -0.1) is 11.3 Å². The molecule has 27 heavy (non-hydrogen) atoms. The zero-order valence-corrected chi connectivity index (χ0v) is 15.4. The van der Waals surface area contributed by atoms with E-state index >= 15 is 0 Å². The number of ether oxygens (including phenoxy) is 2. The Bertz CT molecular complexity index is 955. The van der Waals surface area contributed by atoms with Crippen LogP contribution in [0.15, 0.2) is 41.8 Å². The summed E-state index contributed by atoms with van der Waals surface area (Å²) in [4.78, 5) is 16.5. The summed E-state index contributed by atoms with van der Waals surface area (Å²) in [6.07, 6.45) is 0.0311. The van der Waals surface area contributed by atoms with E-state index in [0.717, 1.165) is 23.5 Å². The molecule has 2 aromatic carbocycles. The van der Waals surface area contributed by atoms with Crippen molar-refractivity contribution in [2.24, 2.45) is 0 Å². The monoisotopic (exact) mass is 390 g/mol. The highest BCUT2D eigenvalue weighted by atomic mass is 32.1. The van der Waals surface area contributed by atoms with Crippen molar-refractivity contribution < 1.29 is 23.0 Å². The van der Waals surface area contributed by atoms with E-state index in [0.29, 0.717) is 17.1 Å². The Morgan fingerprint density at radius 1 is 1.15 bits per heavy atom. The van der Waals surface area contributed by atoms with E-state index in [9.17, 15) is 13.6 Å². The first-order valence-corrected chi connectivity index (χ1v) is 8.80. The summed E-state index contributed by atoms with van der Waals surface area (Å²) in [7, 11) is 3.05. The predicted octanol–water partition coefficient (Wildman–Crippen LogP) is 4.29. The first-order chi connectivity index (χ1) is 13.0. The lowest BCUT2D eigenvalue weighted by Gasteiger charge is -2.10. The van der Waals surface area contributed by atoms with Gasteiger partial charge in [-0.3, -0.25) is 4.79 Å². The Labute approximate surface area is 158 Å². The molecule has 1 aromatic heterocycles. The molecule has 3 aromatic rings. The van der Waals surface area contributed by atoms with Crippen LogP contribution in [0.3, 0.4) is 0 Å². The third kappa shape index (κ3) is 4.22. The molecule has 0 aliphatic rings. The summed E-state index contributed by atoms with van der Waals surface area (Å²) in [5.41, 5.74) is 0.555. The van der Waals surface area contributed by atoms with E-state index in [1.54, 1.807) is 18.2 Å². The number of nitrogens with zero attached hydrogens (tertiary/aromatic N) is 1. The number of anilines is 1. The van der Waals surface area contributed by atoms with Gasteiger partial charge in [-0.1, -0.05) is 6.07 Å². The summed E-state index contributed by atoms with van der Waals surface area (Å²) in [5.74, 6) is -0.598. The largest absolute Gasteiger partial charge is 0.497 e. The topological polar surface area (TPSA) is 60.5 Å². The third-order valence-corrected chi connectivity index (χ3v) is 4.57. The molecule has 0 aliphatic heterocycles. The SMILES string of the molecule is COc1ccc(OC)c(CC(=O)Nc2nc(-c3c(F)cccc3F)cs2)c1. The molecule has 0 saturated carbocycles. The molecular formula is C19H16F2N2O3S. The molecule has 1 N–H and O–H groups in total. The number of rotatable bonds is 6. The average molecular weight is 390 g/mol. The van der Waals surface area contributed by atoms with Gasteiger partial charge in [0.2, 0.25) is 5.91 Å². The molecule has 0 saturated heterocycles. The minimum Gasteiger partial charge on any atom is -0.497 e. The molecule has 8 heteroatoms. The van der Waals surface area contributed by atoms with Crippen LogP contribution in [-0.4, -0.2) is 25.1 Å². The Morgan fingerprint density at radius 3 is 2.56 bits per heavy atom. The molecular weight excluding hydrogens is 374 g/mol. The lowest BCUT2D eigenvalue weighted by molar-refractivity contribution is -0.115. The lowest BCUT2D eigenvalue weighted by Crippen LogP contribution is -2.15. The molecule has 0 bridgehead atoms. The highest BCUT2D eigenvalue weighted by Crippen LogP contribution is 2.30. The van der Waals surface area contributed by atoms with Crippen LogP contribution in [0.4, 0.5) is 13.9 Å². The maximum absolute atomic E-state index is 13.9. The number of halogens is 2. The van der Waals surface area contributed by atoms with Crippen molar-refractivity contribution in [2.45, 2.75) is 6.42 Å². The van der Waals surface area contributed by atoms with Gasteiger partial charge in [0.15, 0.2) is 5.13 Å². The molecule has 1 heterocycles. The molecule has 5 nitrogen and oxygen atoms in total. The smallest absolute Gasteiger partial charge is 0.230 e. The second kappa shape index (κ2) is 8.13. The van der Waals surface area contributed by atoms with E-state index in [4.69, 9.17) is 9.47 Å². The number of carbonyl (C=O) groups excluding carboxylic acids is 1. The summed E-state index contributed by atoms with van der Waals surface area (Å²) >= 11 is 1.09. The lowest BCUT2D eigenvalue weighted by atomic mass is 10.1. The van der Waals surface area contributed by atoms with Crippen LogP contribution in [0.2, 0.25) is 0 Å². The molecule has 0 fully saturated rings. The highest BCUT2D eigenvalue weighted by Gasteiger charge is 2.16. The summed E-state index contributed by atoms with van der Waals surface area (Å²) < 4.78 is 38.1. The molecule has 0 aliphatic carbocycles. The van der Waals surface area contributed by atoms with Crippen LogP contribution < -0.4 is 14.8 Å². The van der Waals surface area contributed by atoms with Crippen molar-refractivity contribution in [2.75, 3.05) is 19.5 Å². The van der Waals surface area contributed by atoms with E-state index in [2.05, 4.69) is 10.3 Å². The van der Waals surface area contributed by atoms with E-state index in [1.807, 2.05) is 0 Å². The van der Waals surface area contributed by atoms with Gasteiger partial charge >= 0.3 is 0 Å². The van der Waals surface area contributed by atoms with Gasteiger partial charge in [0.1, 0.15) is 23.1 Å². The quantitative estimate of drug-likeness (QED) is 0.682. The Kier molecular flexibility index (Phi) is 5.66. The molecule has 1 amide bonds. The number of nitrogens with one attached hydrogen (secondary N) is 1. The van der Waals surface area contributed by atoms with Crippen LogP contribution in [0.25, 0.3) is 11.3 Å². The van der Waals surface area contributed by atoms with Crippen LogP contribution in [0, 0.1) is 11.6 Å². The summed E-state index contributed by atoms with van der Waals surface area (Å²) in [6, 6.07) is 8.75. The van der Waals surface area contributed by atoms with E-state index in [1.165, 1.54) is 25.7 Å². The number of thiazole rings is 1. The van der Waals surface area contributed by atoms with Gasteiger partial charge < -0.3 is 14.8 Å². The van der Waals surface area contributed by atoms with Gasteiger partial charge in [-0.05, 0) is 30.3 Å². The minimum atomic E-state index is -0.709. The first kappa shape index (κ1) is 18.8. The van der Waals surface area contributed by atoms with Gasteiger partial charge in [-0.2, -0.15) is 0 Å². The number of amides is 1. The normalized spacial score (nSPS) is 10.5. The van der Waals surface area contributed by atoms with Crippen molar-refractivity contribution in [3.05, 3.63) is 59.0 Å². The van der Waals surface area contributed by atoms with Crippen molar-refractivity contribution >= 4 is 22.4 Å². The number of aromatic nitrogens is 1. The second-order valence-electron chi connectivity index (χ2n) is 5.54. The number of hydrogen-bond donors (Lipinski definition) is 1. The Hall–Kier alpha value is -3.00. The fourth-order valence-electron chi connectivity index (χ4n) is 2.55. The maximum Gasteiger partial charge on any atom is 0.230 e. The fourth-order valence-corrected chi connectivity index (χ4v) is 3.26. The third-order valence-electron chi connectivity index (χ3n) is 3.81. The van der Waals surface area contributed by atoms with Crippen molar-refractivity contribution in [1.29, 1.82) is 0 Å². The van der Waals surface area contributed by atoms with E-state index in [-0.39, 0.29) is 28.7 Å². The van der Waals surface area contributed by atoms with Gasteiger partial charge in [0, 0.05) is 10.9 Å². The summed E-state index contributed by atoms with van der Waals surface area (Å²) in [5, 5.41) is 4.37. The van der Waals surface area contributed by atoms with Crippen LogP contribution in [0.5, 0.6) is 11.5 Å². The summed E-state index contributed by atoms with van der Waals surface area (Å²) in [6.45, 7) is 0. The number of hydrogen-bond acceptors (Lipinski definition) is 5. The molecule has 0 spiro atoms. The number of benzene rings is 2. The zero-order valence-electron chi connectivity index (χ0n) is 14.6. The van der Waals surface area contributed by atoms with Crippen molar-refractivity contribution in [1.82, 2.24) is 4.98 Å². The average Bonchev–Trinajstić information content (AvgIpc) is 3.09. The standard InChI is InChI=1S/C19H16F2N2O3S/c1-25-12-6-7-16(26-2)11(8-12)9-17(24)23-19-22-15(10-27-19)18-13(20)4-3-5-14(18)21/h3-8,10H,9H2,1-2H3,(H,22,23,24). The van der Waals surface area contributed by atoms with Crippen molar-refractivity contribution in [3.8, 4) is 22.8 Å². The fraction of sp³-hybridized carbons (Fsp3) is 0.158. The first-order valence-electron chi connectivity index (χ1n) is 7.92. The van der Waals surface area contributed by atoms with Crippen LogP contribution in [-0.2, 0) is 11.2 Å². The number of methoxy groups -OCH3 is 2. The Balaban J connectivity index is 1.75. The number of carbonyl (C=O) groups is 1. The second-order valence-corrected chi connectivity index (χ2v) is 6.40. The van der Waals surface area contributed by atoms with E-state index < -0.39 is 11.6 Å². The van der Waals surface area contributed by atoms with Gasteiger partial charge in [0.05, 0.1) is 31.9 Å². The van der Waals surface area contributed by atoms with Gasteiger partial charge in [-0.25, -0.2) is 13.8 Å². The van der Waals surface area contributed by atoms with Crippen molar-refractivity contribution in [3.63, 3.8) is 0 Å². The van der Waals surface area contributed by atoms with Gasteiger partial charge in [0.25, 0.3) is 0 Å². The maximum atomic E-state index is 13.9. The minimum absolute atomic E-state index is 0.0311. The highest BCUT2D eigenvalue weighted by molar-refractivity contribution is 7.14. The van der Waals surface area contributed by atoms with Crippen LogP contribution >= 0.6 is 11.3 Å². The molecule has 0 atom stereocenters. The molecule has 0 unspecified atom stereocenters. The molecule has 3 rings (SSSR count). The Morgan fingerprint density at radius 2 is 1.89 bits per heavy atom. The zero-order chi connectivity index (χ0) is 19.4. The predicted molar refractivity (Wildman–Crippen MR) is 99.3 cm³/mol. The molecule has 140 valence electrons.